The first-order valence-electron chi connectivity index (χ1n) is 5.49. The summed E-state index contributed by atoms with van der Waals surface area (Å²) in [7, 11) is 0. The number of ether oxygens (including phenoxy) is 1. The molecule has 0 saturated carbocycles. The topological polar surface area (TPSA) is 42.1 Å². The van der Waals surface area contributed by atoms with Gasteiger partial charge in [-0.1, -0.05) is 12.2 Å². The molecule has 1 heterocycles. The molecule has 0 fully saturated rings. The number of esters is 1. The van der Waals surface area contributed by atoms with E-state index in [-0.39, 0.29) is 5.97 Å². The predicted molar refractivity (Wildman–Crippen MR) is 62.6 cm³/mol. The highest BCUT2D eigenvalue weighted by atomic mass is 16.5. The van der Waals surface area contributed by atoms with Gasteiger partial charge in [0.1, 0.15) is 0 Å². The highest BCUT2D eigenvalue weighted by Crippen LogP contribution is 2.16. The first-order chi connectivity index (χ1) is 7.84. The zero-order valence-electron chi connectivity index (χ0n) is 9.06. The van der Waals surface area contributed by atoms with E-state index >= 15 is 0 Å². The molecule has 3 heteroatoms. The van der Waals surface area contributed by atoms with E-state index < -0.39 is 0 Å². The Morgan fingerprint density at radius 1 is 1.62 bits per heavy atom. The second-order valence-corrected chi connectivity index (χ2v) is 3.85. The summed E-state index contributed by atoms with van der Waals surface area (Å²) in [5.74, 6) is 0.123. The summed E-state index contributed by atoms with van der Waals surface area (Å²) >= 11 is 0. The Hall–Kier alpha value is -1.77. The second-order valence-electron chi connectivity index (χ2n) is 3.85. The maximum absolute atomic E-state index is 11.3. The Bertz CT molecular complexity index is 390. The van der Waals surface area contributed by atoms with Crippen LogP contribution < -0.4 is 0 Å². The molecule has 16 heavy (non-hydrogen) atoms. The molecule has 0 amide bonds. The number of nitrogens with one attached hydrogen (secondary N) is 1. The smallest absolute Gasteiger partial charge is 0.330 e. The lowest BCUT2D eigenvalue weighted by Crippen LogP contribution is -2.08. The average molecular weight is 217 g/mol. The van der Waals surface area contributed by atoms with Crippen molar-refractivity contribution in [2.45, 2.75) is 12.8 Å². The fraction of sp³-hybridized carbons (Fsp3) is 0.308. The lowest BCUT2D eigenvalue weighted by atomic mass is 10.1. The lowest BCUT2D eigenvalue weighted by Gasteiger charge is -2.06. The van der Waals surface area contributed by atoms with Crippen molar-refractivity contribution in [3.8, 4) is 0 Å². The first kappa shape index (κ1) is 10.7. The van der Waals surface area contributed by atoms with Crippen molar-refractivity contribution in [3.63, 3.8) is 0 Å². The van der Waals surface area contributed by atoms with Gasteiger partial charge in [-0.25, -0.2) is 4.79 Å². The number of allylic oxidation sites excluding steroid dienone is 1. The molecule has 1 aromatic rings. The maximum atomic E-state index is 11.3. The van der Waals surface area contributed by atoms with E-state index in [0.717, 1.165) is 18.5 Å². The number of aromatic amines is 1. The number of hydrogen-bond acceptors (Lipinski definition) is 2. The first-order valence-corrected chi connectivity index (χ1v) is 5.49. The molecule has 1 N–H and O–H groups in total. The zero-order valence-corrected chi connectivity index (χ0v) is 9.06. The second kappa shape index (κ2) is 5.35. The SMILES string of the molecule is O=C(/C=C/c1ccc[nH]1)OCC1C=CCC1. The summed E-state index contributed by atoms with van der Waals surface area (Å²) in [6.07, 6.45) is 11.4. The van der Waals surface area contributed by atoms with Crippen LogP contribution in [0.3, 0.4) is 0 Å². The third kappa shape index (κ3) is 3.12. The van der Waals surface area contributed by atoms with E-state index in [1.807, 2.05) is 18.3 Å². The molecule has 3 nitrogen and oxygen atoms in total. The van der Waals surface area contributed by atoms with Gasteiger partial charge in [0.2, 0.25) is 0 Å². The van der Waals surface area contributed by atoms with Gasteiger partial charge < -0.3 is 9.72 Å². The van der Waals surface area contributed by atoms with Gasteiger partial charge in [-0.15, -0.1) is 0 Å². The highest BCUT2D eigenvalue weighted by Gasteiger charge is 2.10. The van der Waals surface area contributed by atoms with Gasteiger partial charge in [-0.05, 0) is 31.1 Å². The molecule has 0 aromatic carbocycles. The van der Waals surface area contributed by atoms with Crippen molar-refractivity contribution >= 4 is 12.0 Å². The fourth-order valence-electron chi connectivity index (χ4n) is 1.68. The maximum Gasteiger partial charge on any atom is 0.330 e. The van der Waals surface area contributed by atoms with Crippen LogP contribution in [0, 0.1) is 5.92 Å². The molecule has 1 aliphatic rings. The van der Waals surface area contributed by atoms with E-state index in [1.165, 1.54) is 6.08 Å². The predicted octanol–water partition coefficient (Wildman–Crippen LogP) is 2.54. The molecule has 84 valence electrons. The summed E-state index contributed by atoms with van der Waals surface area (Å²) in [5, 5.41) is 0. The van der Waals surface area contributed by atoms with Crippen LogP contribution in [-0.4, -0.2) is 17.6 Å². The van der Waals surface area contributed by atoms with Gasteiger partial charge in [-0.2, -0.15) is 0 Å². The Morgan fingerprint density at radius 3 is 3.25 bits per heavy atom. The van der Waals surface area contributed by atoms with Crippen LogP contribution in [0.15, 0.2) is 36.6 Å². The molecular formula is C13H15NO2. The fourth-order valence-corrected chi connectivity index (χ4v) is 1.68. The quantitative estimate of drug-likeness (QED) is 0.478. The number of H-pyrrole nitrogens is 1. The van der Waals surface area contributed by atoms with Gasteiger partial charge in [0.25, 0.3) is 0 Å². The van der Waals surface area contributed by atoms with Crippen LogP contribution >= 0.6 is 0 Å². The van der Waals surface area contributed by atoms with E-state index in [1.54, 1.807) is 6.08 Å². The number of hydrogen-bond donors (Lipinski definition) is 1. The third-order valence-electron chi connectivity index (χ3n) is 2.57. The van der Waals surface area contributed by atoms with Crippen molar-refractivity contribution in [2.75, 3.05) is 6.61 Å². The van der Waals surface area contributed by atoms with Crippen LogP contribution in [0.5, 0.6) is 0 Å². The van der Waals surface area contributed by atoms with Crippen molar-refractivity contribution in [1.82, 2.24) is 4.98 Å². The summed E-state index contributed by atoms with van der Waals surface area (Å²) in [6, 6.07) is 3.78. The minimum Gasteiger partial charge on any atom is -0.462 e. The Kier molecular flexibility index (Phi) is 3.59. The molecule has 0 spiro atoms. The van der Waals surface area contributed by atoms with Gasteiger partial charge in [0.05, 0.1) is 6.61 Å². The van der Waals surface area contributed by atoms with Gasteiger partial charge in [0, 0.05) is 23.9 Å². The summed E-state index contributed by atoms with van der Waals surface area (Å²) < 4.78 is 5.13. The number of aromatic nitrogens is 1. The van der Waals surface area contributed by atoms with Gasteiger partial charge in [0.15, 0.2) is 0 Å². The van der Waals surface area contributed by atoms with Crippen molar-refractivity contribution in [2.24, 2.45) is 5.92 Å². The van der Waals surface area contributed by atoms with Gasteiger partial charge >= 0.3 is 5.97 Å². The molecule has 1 atom stereocenters. The molecule has 2 rings (SSSR count). The van der Waals surface area contributed by atoms with Crippen LogP contribution in [0.4, 0.5) is 0 Å². The lowest BCUT2D eigenvalue weighted by molar-refractivity contribution is -0.138. The standard InChI is InChI=1S/C13H15NO2/c15-13(8-7-12-6-3-9-14-12)16-10-11-4-1-2-5-11/h1,3-4,6-9,11,14H,2,5,10H2/b8-7+. The molecule has 1 aliphatic carbocycles. The summed E-state index contributed by atoms with van der Waals surface area (Å²) in [5.41, 5.74) is 0.901. The highest BCUT2D eigenvalue weighted by molar-refractivity contribution is 5.86. The average Bonchev–Trinajstić information content (AvgIpc) is 2.96. The van der Waals surface area contributed by atoms with E-state index in [0.29, 0.717) is 12.5 Å². The zero-order chi connectivity index (χ0) is 11.2. The minimum absolute atomic E-state index is 0.283. The molecule has 0 radical (unpaired) electrons. The van der Waals surface area contributed by atoms with Crippen molar-refractivity contribution in [1.29, 1.82) is 0 Å². The molecule has 0 aliphatic heterocycles. The molecule has 1 unspecified atom stereocenters. The normalized spacial score (nSPS) is 19.4. The largest absolute Gasteiger partial charge is 0.462 e. The van der Waals surface area contributed by atoms with Crippen LogP contribution in [0.25, 0.3) is 6.08 Å². The third-order valence-corrected chi connectivity index (χ3v) is 2.57. The number of rotatable bonds is 4. The monoisotopic (exact) mass is 217 g/mol. The van der Waals surface area contributed by atoms with Crippen LogP contribution in [0.1, 0.15) is 18.5 Å². The summed E-state index contributed by atoms with van der Waals surface area (Å²) in [6.45, 7) is 0.490. The van der Waals surface area contributed by atoms with Crippen LogP contribution in [-0.2, 0) is 9.53 Å². The number of carbonyl (C=O) groups is 1. The Labute approximate surface area is 94.8 Å². The molecule has 1 aromatic heterocycles. The van der Waals surface area contributed by atoms with E-state index in [9.17, 15) is 4.79 Å². The minimum atomic E-state index is -0.283. The van der Waals surface area contributed by atoms with E-state index in [4.69, 9.17) is 4.74 Å². The number of carbonyl (C=O) groups excluding carboxylic acids is 1. The molecule has 0 bridgehead atoms. The molecular weight excluding hydrogens is 202 g/mol. The van der Waals surface area contributed by atoms with Crippen molar-refractivity contribution in [3.05, 3.63) is 42.3 Å². The van der Waals surface area contributed by atoms with Crippen molar-refractivity contribution < 1.29 is 9.53 Å². The van der Waals surface area contributed by atoms with E-state index in [2.05, 4.69) is 17.1 Å². The van der Waals surface area contributed by atoms with Crippen LogP contribution in [0.2, 0.25) is 0 Å². The Morgan fingerprint density at radius 2 is 2.56 bits per heavy atom. The molecule has 0 saturated heterocycles. The summed E-state index contributed by atoms with van der Waals surface area (Å²) in [4.78, 5) is 14.3. The van der Waals surface area contributed by atoms with Gasteiger partial charge in [-0.3, -0.25) is 0 Å². The Balaban J connectivity index is 1.74.